The second-order valence-electron chi connectivity index (χ2n) is 14.6. The molecule has 4 aliphatic rings. The minimum atomic E-state index is -2.85. The van der Waals surface area contributed by atoms with Gasteiger partial charge in [0.25, 0.3) is 12.3 Å². The highest BCUT2D eigenvalue weighted by molar-refractivity contribution is 7.13. The molecule has 18 heteroatoms. The highest BCUT2D eigenvalue weighted by Gasteiger charge is 2.36. The molecule has 0 radical (unpaired) electrons. The first-order valence-corrected chi connectivity index (χ1v) is 19.1. The molecule has 1 saturated carbocycles. The number of rotatable bonds is 10. The second-order valence-corrected chi connectivity index (χ2v) is 15.4. The van der Waals surface area contributed by atoms with Gasteiger partial charge in [-0.1, -0.05) is 0 Å². The van der Waals surface area contributed by atoms with Crippen LogP contribution in [-0.2, 0) is 9.59 Å². The molecule has 3 aromatic heterocycles. The molecule has 286 valence electrons. The molecule has 4 aromatic rings. The standard InChI is InChI=1S/C36H40F4N10O3S/c37-26-11-24(12-27(38)31(26)25-5-6-30(51)45-34(25)52)49-16-20(17-49)15-47-7-9-48(10-8-47)22-1-3-23(4-2-22)50-18-28(32(46-50)33(39)40)43-35(53)29-19-54-36(44-29)21-13-41-42-14-21/h11-14,18-20,22-23,25,33H,1-10,15-17H2,(H,41,42)(H,43,53)(H,45,51,52)/t22?,23?,25-/m1/s1. The number of carbonyl (C=O) groups excluding carboxylic acids is 3. The number of aromatic amines is 1. The lowest BCUT2D eigenvalue weighted by Gasteiger charge is -2.46. The second kappa shape index (κ2) is 15.2. The van der Waals surface area contributed by atoms with Gasteiger partial charge in [0.1, 0.15) is 22.3 Å². The number of piperazine rings is 1. The maximum absolute atomic E-state index is 15.0. The number of carbonyl (C=O) groups is 3. The minimum absolute atomic E-state index is 0.0114. The third-order valence-electron chi connectivity index (χ3n) is 11.2. The van der Waals surface area contributed by atoms with Crippen LogP contribution in [0, 0.1) is 17.6 Å². The minimum Gasteiger partial charge on any atom is -0.371 e. The van der Waals surface area contributed by atoms with Crippen LogP contribution in [0.1, 0.15) is 78.7 Å². The van der Waals surface area contributed by atoms with Crippen molar-refractivity contribution in [1.29, 1.82) is 0 Å². The van der Waals surface area contributed by atoms with E-state index in [-0.39, 0.29) is 35.8 Å². The zero-order valence-electron chi connectivity index (χ0n) is 29.3. The Morgan fingerprint density at radius 2 is 1.72 bits per heavy atom. The van der Waals surface area contributed by atoms with Crippen molar-refractivity contribution in [3.63, 3.8) is 0 Å². The Bertz CT molecular complexity index is 1980. The van der Waals surface area contributed by atoms with Crippen molar-refractivity contribution >= 4 is 40.4 Å². The van der Waals surface area contributed by atoms with Crippen LogP contribution in [0.5, 0.6) is 0 Å². The Morgan fingerprint density at radius 3 is 2.39 bits per heavy atom. The summed E-state index contributed by atoms with van der Waals surface area (Å²) in [6.07, 6.45) is 5.45. The van der Waals surface area contributed by atoms with Crippen molar-refractivity contribution in [3.8, 4) is 10.6 Å². The van der Waals surface area contributed by atoms with E-state index in [0.29, 0.717) is 35.7 Å². The van der Waals surface area contributed by atoms with E-state index < -0.39 is 47.4 Å². The van der Waals surface area contributed by atoms with E-state index in [0.717, 1.165) is 64.0 Å². The van der Waals surface area contributed by atoms with Gasteiger partial charge in [-0.25, -0.2) is 22.5 Å². The van der Waals surface area contributed by atoms with Gasteiger partial charge in [-0.05, 0) is 44.2 Å². The summed E-state index contributed by atoms with van der Waals surface area (Å²) in [6, 6.07) is 2.93. The molecule has 8 rings (SSSR count). The van der Waals surface area contributed by atoms with E-state index in [2.05, 4.69) is 40.7 Å². The van der Waals surface area contributed by atoms with Crippen LogP contribution in [0.3, 0.4) is 0 Å². The predicted octanol–water partition coefficient (Wildman–Crippen LogP) is 4.96. The number of aromatic nitrogens is 5. The van der Waals surface area contributed by atoms with Gasteiger partial charge in [0.2, 0.25) is 11.8 Å². The molecular weight excluding hydrogens is 729 g/mol. The average Bonchev–Trinajstić information content (AvgIpc) is 3.93. The van der Waals surface area contributed by atoms with Gasteiger partial charge in [0.05, 0.1) is 23.8 Å². The lowest BCUT2D eigenvalue weighted by atomic mass is 9.89. The number of nitrogens with one attached hydrogen (secondary N) is 3. The largest absolute Gasteiger partial charge is 0.371 e. The van der Waals surface area contributed by atoms with Crippen LogP contribution >= 0.6 is 11.3 Å². The van der Waals surface area contributed by atoms with Crippen molar-refractivity contribution in [2.24, 2.45) is 5.92 Å². The molecule has 4 fully saturated rings. The van der Waals surface area contributed by atoms with Crippen molar-refractivity contribution in [3.05, 3.63) is 64.7 Å². The molecule has 13 nitrogen and oxygen atoms in total. The molecule has 1 aromatic carbocycles. The fourth-order valence-electron chi connectivity index (χ4n) is 8.23. The Balaban J connectivity index is 0.786. The number of piperidine rings is 1. The van der Waals surface area contributed by atoms with Crippen molar-refractivity contribution < 1.29 is 31.9 Å². The van der Waals surface area contributed by atoms with Gasteiger partial charge >= 0.3 is 0 Å². The summed E-state index contributed by atoms with van der Waals surface area (Å²) >= 11 is 1.26. The number of halogens is 4. The SMILES string of the molecule is O=C1CC[C@H](c2c(F)cc(N3CC(CN4CCN(C5CCC(n6cc(NC(=O)c7csc(-c8cn[nH]c8)n7)c(C(F)F)n6)CC5)CC4)C3)cc2F)C(=O)N1. The fraction of sp³-hybridized carbons (Fsp3) is 0.500. The van der Waals surface area contributed by atoms with E-state index in [1.165, 1.54) is 29.7 Å². The highest BCUT2D eigenvalue weighted by Crippen LogP contribution is 2.36. The summed E-state index contributed by atoms with van der Waals surface area (Å²) in [7, 11) is 0. The monoisotopic (exact) mass is 768 g/mol. The summed E-state index contributed by atoms with van der Waals surface area (Å²) in [5, 5.41) is 17.7. The van der Waals surface area contributed by atoms with Crippen LogP contribution in [-0.4, -0.2) is 104 Å². The van der Waals surface area contributed by atoms with Crippen LogP contribution in [0.4, 0.5) is 28.9 Å². The molecule has 0 spiro atoms. The number of alkyl halides is 2. The predicted molar refractivity (Wildman–Crippen MR) is 191 cm³/mol. The molecule has 6 heterocycles. The average molecular weight is 769 g/mol. The third kappa shape index (κ3) is 7.50. The molecule has 0 bridgehead atoms. The maximum Gasteiger partial charge on any atom is 0.284 e. The molecule has 3 N–H and O–H groups in total. The molecule has 3 saturated heterocycles. The Hall–Kier alpha value is -4.68. The van der Waals surface area contributed by atoms with E-state index >= 15 is 8.78 Å². The van der Waals surface area contributed by atoms with Crippen LogP contribution in [0.15, 0.2) is 36.1 Å². The molecular formula is C36H40F4N10O3S. The molecule has 54 heavy (non-hydrogen) atoms. The fourth-order valence-corrected chi connectivity index (χ4v) is 9.01. The number of hydrogen-bond acceptors (Lipinski definition) is 10. The normalized spacial score (nSPS) is 23.1. The summed E-state index contributed by atoms with van der Waals surface area (Å²) < 4.78 is 59.7. The van der Waals surface area contributed by atoms with Crippen molar-refractivity contribution in [1.82, 2.24) is 40.1 Å². The number of amides is 3. The van der Waals surface area contributed by atoms with E-state index in [1.807, 2.05) is 4.90 Å². The first-order chi connectivity index (χ1) is 26.1. The Kier molecular flexibility index (Phi) is 10.2. The maximum atomic E-state index is 15.0. The number of anilines is 2. The Labute approximate surface area is 312 Å². The van der Waals surface area contributed by atoms with Crippen LogP contribution in [0.25, 0.3) is 10.6 Å². The zero-order chi connectivity index (χ0) is 37.5. The summed E-state index contributed by atoms with van der Waals surface area (Å²) in [5.41, 5.74) is 0.566. The molecule has 3 aliphatic heterocycles. The van der Waals surface area contributed by atoms with Crippen molar-refractivity contribution in [2.45, 2.75) is 63.0 Å². The molecule has 1 aliphatic carbocycles. The zero-order valence-corrected chi connectivity index (χ0v) is 30.1. The lowest BCUT2D eigenvalue weighted by molar-refractivity contribution is -0.134. The number of imide groups is 1. The quantitative estimate of drug-likeness (QED) is 0.151. The number of hydrogen-bond donors (Lipinski definition) is 3. The van der Waals surface area contributed by atoms with Crippen LogP contribution < -0.4 is 15.5 Å². The number of thiazole rings is 1. The smallest absolute Gasteiger partial charge is 0.284 e. The first-order valence-electron chi connectivity index (χ1n) is 18.3. The number of H-pyrrole nitrogens is 1. The number of nitrogens with zero attached hydrogens (tertiary/aromatic N) is 7. The van der Waals surface area contributed by atoms with Gasteiger partial charge in [-0.15, -0.1) is 11.3 Å². The summed E-state index contributed by atoms with van der Waals surface area (Å²) in [4.78, 5) is 47.8. The summed E-state index contributed by atoms with van der Waals surface area (Å²) in [5.74, 6) is -3.85. The molecule has 1 atom stereocenters. The molecule has 0 unspecified atom stereocenters. The van der Waals surface area contributed by atoms with Crippen LogP contribution in [0.2, 0.25) is 0 Å². The van der Waals surface area contributed by atoms with Gasteiger partial charge in [0.15, 0.2) is 5.69 Å². The van der Waals surface area contributed by atoms with Gasteiger partial charge in [-0.3, -0.25) is 34.4 Å². The third-order valence-corrected chi connectivity index (χ3v) is 12.0. The van der Waals surface area contributed by atoms with Gasteiger partial charge < -0.3 is 15.1 Å². The summed E-state index contributed by atoms with van der Waals surface area (Å²) in [6.45, 7) is 5.96. The van der Waals surface area contributed by atoms with E-state index in [4.69, 9.17) is 0 Å². The molecule has 3 amide bonds. The number of benzene rings is 1. The topological polar surface area (TPSA) is 144 Å². The van der Waals surface area contributed by atoms with Gasteiger partial charge in [-0.2, -0.15) is 10.2 Å². The lowest BCUT2D eigenvalue weighted by Crippen LogP contribution is -2.56. The van der Waals surface area contributed by atoms with E-state index in [9.17, 15) is 23.2 Å². The van der Waals surface area contributed by atoms with Crippen molar-refractivity contribution in [2.75, 3.05) is 56.0 Å². The van der Waals surface area contributed by atoms with E-state index in [1.54, 1.807) is 22.5 Å². The first kappa shape index (κ1) is 36.3. The van der Waals surface area contributed by atoms with Gasteiger partial charge in [0, 0.05) is 98.8 Å². The highest BCUT2D eigenvalue weighted by atomic mass is 32.1. The Morgan fingerprint density at radius 1 is 1.00 bits per heavy atom.